The minimum atomic E-state index is -3.64. The summed E-state index contributed by atoms with van der Waals surface area (Å²) in [5.41, 5.74) is 2.85. The predicted molar refractivity (Wildman–Crippen MR) is 244 cm³/mol. The van der Waals surface area contributed by atoms with E-state index in [-0.39, 0.29) is 74.7 Å². The van der Waals surface area contributed by atoms with Gasteiger partial charge in [0.05, 0.1) is 33.2 Å². The zero-order valence-electron chi connectivity index (χ0n) is 37.5. The van der Waals surface area contributed by atoms with Gasteiger partial charge in [0.25, 0.3) is 11.8 Å². The number of rotatable bonds is 9. The molecule has 0 bridgehead atoms. The van der Waals surface area contributed by atoms with Gasteiger partial charge >= 0.3 is 0 Å². The fraction of sp³-hybridized carbons (Fsp3) is 0.449. The fourth-order valence-corrected chi connectivity index (χ4v) is 12.9. The van der Waals surface area contributed by atoms with Gasteiger partial charge in [0, 0.05) is 42.5 Å². The lowest BCUT2D eigenvalue weighted by Gasteiger charge is -2.56. The van der Waals surface area contributed by atoms with Crippen molar-refractivity contribution in [1.82, 2.24) is 25.1 Å². The number of aliphatic imine (C=N–C) groups is 1. The Hall–Kier alpha value is -6.01. The van der Waals surface area contributed by atoms with E-state index in [9.17, 15) is 27.6 Å². The molecule has 14 nitrogen and oxygen atoms in total. The van der Waals surface area contributed by atoms with Crippen molar-refractivity contribution in [3.63, 3.8) is 0 Å². The maximum absolute atomic E-state index is 15.6. The molecule has 1 saturated carbocycles. The average Bonchev–Trinajstić information content (AvgIpc) is 3.53. The predicted octanol–water partition coefficient (Wildman–Crippen LogP) is 7.63. The van der Waals surface area contributed by atoms with Crippen LogP contribution in [-0.2, 0) is 19.4 Å². The lowest BCUT2D eigenvalue weighted by Crippen LogP contribution is -2.57. The summed E-state index contributed by atoms with van der Waals surface area (Å²) >= 11 is 0. The van der Waals surface area contributed by atoms with Gasteiger partial charge < -0.3 is 15.1 Å². The molecule has 4 fully saturated rings. The zero-order valence-corrected chi connectivity index (χ0v) is 38.3. The Morgan fingerprint density at radius 1 is 0.851 bits per heavy atom. The summed E-state index contributed by atoms with van der Waals surface area (Å²) in [5, 5.41) is 4.67. The summed E-state index contributed by atoms with van der Waals surface area (Å²) < 4.78 is 73.9. The number of imide groups is 2. The topological polar surface area (TPSA) is 174 Å². The SMILES string of the molecule is CC1=Nc2c(F)cc(-c3nc(Nc4ccc(S(=O)(=O)C5CCN(C6CC7(CCN(c8cc9c(cc8F)C(=O)N(C8CCC(=O)NC8=O)C9=O)CC7)C6)CC5)cc4)ncc3F)cc2C(C(C)C)C1. The molecular weight excluding hydrogens is 886 g/mol. The van der Waals surface area contributed by atoms with Gasteiger partial charge in [-0.2, -0.15) is 0 Å². The minimum absolute atomic E-state index is 0.00393. The van der Waals surface area contributed by atoms with Crippen LogP contribution in [0.1, 0.15) is 111 Å². The zero-order chi connectivity index (χ0) is 47.1. The summed E-state index contributed by atoms with van der Waals surface area (Å²) in [5.74, 6) is -4.16. The van der Waals surface area contributed by atoms with E-state index in [0.29, 0.717) is 57.2 Å². The van der Waals surface area contributed by atoms with Crippen molar-refractivity contribution in [2.45, 2.75) is 107 Å². The summed E-state index contributed by atoms with van der Waals surface area (Å²) in [6.45, 7) is 8.46. The number of hydrogen-bond donors (Lipinski definition) is 2. The first kappa shape index (κ1) is 44.8. The van der Waals surface area contributed by atoms with Crippen LogP contribution in [-0.4, -0.2) is 101 Å². The normalized spacial score (nSPS) is 22.5. The monoisotopic (exact) mass is 936 g/mol. The van der Waals surface area contributed by atoms with E-state index in [1.807, 2.05) is 11.8 Å². The van der Waals surface area contributed by atoms with Crippen LogP contribution < -0.4 is 15.5 Å². The molecule has 3 saturated heterocycles. The number of carbonyl (C=O) groups excluding carboxylic acids is 4. The molecule has 5 aliphatic heterocycles. The molecule has 6 heterocycles. The first-order valence-corrected chi connectivity index (χ1v) is 24.6. The van der Waals surface area contributed by atoms with E-state index in [1.165, 1.54) is 12.1 Å². The number of benzene rings is 3. The van der Waals surface area contributed by atoms with Crippen molar-refractivity contribution in [1.29, 1.82) is 0 Å². The number of anilines is 3. The van der Waals surface area contributed by atoms with Gasteiger partial charge in [0.1, 0.15) is 29.1 Å². The molecule has 4 aromatic rings. The maximum atomic E-state index is 15.6. The van der Waals surface area contributed by atoms with Crippen LogP contribution in [0.3, 0.4) is 0 Å². The third kappa shape index (κ3) is 8.08. The van der Waals surface area contributed by atoms with E-state index in [2.05, 4.69) is 44.3 Å². The molecule has 2 atom stereocenters. The number of nitrogens with one attached hydrogen (secondary N) is 2. The molecule has 350 valence electrons. The molecule has 6 aliphatic rings. The lowest BCUT2D eigenvalue weighted by atomic mass is 9.59. The average molecular weight is 937 g/mol. The quantitative estimate of drug-likeness (QED) is 0.158. The lowest BCUT2D eigenvalue weighted by molar-refractivity contribution is -0.136. The number of halogens is 3. The molecule has 67 heavy (non-hydrogen) atoms. The second-order valence-corrected chi connectivity index (χ2v) is 21.7. The Bertz CT molecular complexity index is 2870. The Balaban J connectivity index is 0.723. The molecule has 2 N–H and O–H groups in total. The van der Waals surface area contributed by atoms with Crippen LogP contribution in [0.4, 0.5) is 36.2 Å². The highest BCUT2D eigenvalue weighted by atomic mass is 32.2. The van der Waals surface area contributed by atoms with Crippen molar-refractivity contribution in [2.75, 3.05) is 36.4 Å². The number of piperidine rings is 3. The number of sulfone groups is 1. The second kappa shape index (κ2) is 16.9. The van der Waals surface area contributed by atoms with Crippen LogP contribution in [0.25, 0.3) is 11.3 Å². The number of fused-ring (bicyclic) bond motifs is 2. The van der Waals surface area contributed by atoms with E-state index in [0.717, 1.165) is 54.1 Å². The van der Waals surface area contributed by atoms with E-state index >= 15 is 13.2 Å². The smallest absolute Gasteiger partial charge is 0.262 e. The number of amides is 4. The van der Waals surface area contributed by atoms with Gasteiger partial charge in [-0.3, -0.25) is 34.4 Å². The third-order valence-corrected chi connectivity index (χ3v) is 17.3. The van der Waals surface area contributed by atoms with Gasteiger partial charge in [-0.25, -0.2) is 31.6 Å². The Morgan fingerprint density at radius 3 is 2.21 bits per heavy atom. The van der Waals surface area contributed by atoms with E-state index in [4.69, 9.17) is 0 Å². The van der Waals surface area contributed by atoms with Crippen LogP contribution in [0.5, 0.6) is 0 Å². The molecule has 0 radical (unpaired) electrons. The van der Waals surface area contributed by atoms with Crippen LogP contribution >= 0.6 is 0 Å². The van der Waals surface area contributed by atoms with Gasteiger partial charge in [0.2, 0.25) is 17.8 Å². The van der Waals surface area contributed by atoms with Crippen LogP contribution in [0, 0.1) is 28.8 Å². The summed E-state index contributed by atoms with van der Waals surface area (Å²) in [4.78, 5) is 69.0. The van der Waals surface area contributed by atoms with E-state index in [1.54, 1.807) is 30.3 Å². The van der Waals surface area contributed by atoms with Crippen molar-refractivity contribution in [2.24, 2.45) is 16.3 Å². The Morgan fingerprint density at radius 2 is 1.54 bits per heavy atom. The minimum Gasteiger partial charge on any atom is -0.369 e. The Labute approximate surface area is 386 Å². The molecule has 2 unspecified atom stereocenters. The number of nitrogens with zero attached hydrogens (tertiary/aromatic N) is 6. The molecule has 1 spiro atoms. The molecule has 18 heteroatoms. The summed E-state index contributed by atoms with van der Waals surface area (Å²) in [7, 11) is -3.64. The first-order valence-electron chi connectivity index (χ1n) is 23.0. The third-order valence-electron chi connectivity index (χ3n) is 15.0. The van der Waals surface area contributed by atoms with Gasteiger partial charge in [0.15, 0.2) is 15.7 Å². The number of hydrogen-bond acceptors (Lipinski definition) is 12. The number of aromatic nitrogens is 2. The fourth-order valence-electron chi connectivity index (χ4n) is 11.2. The highest BCUT2D eigenvalue weighted by Gasteiger charge is 2.50. The molecule has 10 rings (SSSR count). The first-order chi connectivity index (χ1) is 32.0. The highest BCUT2D eigenvalue weighted by molar-refractivity contribution is 7.92. The van der Waals surface area contributed by atoms with Gasteiger partial charge in [-0.05, 0) is 143 Å². The summed E-state index contributed by atoms with van der Waals surface area (Å²) in [6, 6.07) is 11.0. The van der Waals surface area contributed by atoms with Crippen LogP contribution in [0.15, 0.2) is 64.6 Å². The van der Waals surface area contributed by atoms with E-state index < -0.39 is 62.2 Å². The van der Waals surface area contributed by atoms with Gasteiger partial charge in [-0.15, -0.1) is 0 Å². The number of carbonyl (C=O) groups is 4. The Kier molecular flexibility index (Phi) is 11.3. The van der Waals surface area contributed by atoms with Crippen molar-refractivity contribution in [3.8, 4) is 11.3 Å². The van der Waals surface area contributed by atoms with Crippen molar-refractivity contribution in [3.05, 3.63) is 88.9 Å². The van der Waals surface area contributed by atoms with Crippen molar-refractivity contribution < 1.29 is 40.8 Å². The van der Waals surface area contributed by atoms with Crippen molar-refractivity contribution >= 4 is 62.2 Å². The maximum Gasteiger partial charge on any atom is 0.262 e. The largest absolute Gasteiger partial charge is 0.369 e. The van der Waals surface area contributed by atoms with Gasteiger partial charge in [-0.1, -0.05) is 13.8 Å². The molecule has 1 aromatic heterocycles. The standard InChI is InChI=1S/C49H51F3N8O6S/c1-26(2)33-18-27(3)54-44-34(33)19-28(20-38(44)51)43-39(52)25-53-48(57-43)55-29-4-6-31(7-5-29)67(65,66)32-10-14-58(15-11-32)30-23-49(24-30)12-16-59(17-13-49)41-22-36-35(21-37(41)50)46(63)60(47(36)64)40-8-9-42(61)56-45(40)62/h4-7,19-22,25-26,30,32-33,40H,8-18,23-24H2,1-3H3,(H,53,55,57)(H,56,61,62). The summed E-state index contributed by atoms with van der Waals surface area (Å²) in [6.07, 6.45) is 6.29. The van der Waals surface area contributed by atoms with Crippen LogP contribution in [0.2, 0.25) is 0 Å². The molecular formula is C49H51F3N8O6S. The molecule has 4 amide bonds. The number of likely N-dealkylation sites (tertiary alicyclic amines) is 1. The molecule has 3 aromatic carbocycles. The highest BCUT2D eigenvalue weighted by Crippen LogP contribution is 2.52. The second-order valence-electron chi connectivity index (χ2n) is 19.5. The molecule has 1 aliphatic carbocycles.